The number of carboxylic acids is 1. The van der Waals surface area contributed by atoms with Crippen LogP contribution in [0.4, 0.5) is 0 Å². The molecule has 0 aliphatic carbocycles. The lowest BCUT2D eigenvalue weighted by Crippen LogP contribution is -2.32. The third kappa shape index (κ3) is 4.26. The van der Waals surface area contributed by atoms with Gasteiger partial charge in [0, 0.05) is 6.54 Å². The zero-order valence-corrected chi connectivity index (χ0v) is 10.1. The maximum absolute atomic E-state index is 11.6. The molecule has 1 rings (SSSR count). The number of nitrogens with one attached hydrogen (secondary N) is 1. The summed E-state index contributed by atoms with van der Waals surface area (Å²) in [6.07, 6.45) is 0.291. The summed E-state index contributed by atoms with van der Waals surface area (Å²) in [5.74, 6) is -1.61. The first kappa shape index (κ1) is 13.2. The van der Waals surface area contributed by atoms with Gasteiger partial charge in [0.2, 0.25) is 5.91 Å². The Labute approximate surface area is 101 Å². The Kier molecular flexibility index (Phi) is 4.69. The van der Waals surface area contributed by atoms with Gasteiger partial charge in [-0.25, -0.2) is 0 Å². The first-order valence-corrected chi connectivity index (χ1v) is 5.54. The number of aliphatic carboxylic acids is 1. The van der Waals surface area contributed by atoms with Crippen LogP contribution in [0, 0.1) is 12.8 Å². The minimum absolute atomic E-state index is 0.146. The summed E-state index contributed by atoms with van der Waals surface area (Å²) in [4.78, 5) is 22.2. The van der Waals surface area contributed by atoms with Crippen molar-refractivity contribution < 1.29 is 14.7 Å². The number of carbonyl (C=O) groups excluding carboxylic acids is 1. The van der Waals surface area contributed by atoms with E-state index in [-0.39, 0.29) is 12.5 Å². The molecule has 0 radical (unpaired) electrons. The predicted molar refractivity (Wildman–Crippen MR) is 64.7 cm³/mol. The van der Waals surface area contributed by atoms with Crippen LogP contribution in [0.5, 0.6) is 0 Å². The molecule has 4 nitrogen and oxygen atoms in total. The Hall–Kier alpha value is -1.84. The highest BCUT2D eigenvalue weighted by molar-refractivity contribution is 5.79. The molecule has 0 aromatic heterocycles. The Morgan fingerprint density at radius 2 is 2.00 bits per heavy atom. The van der Waals surface area contributed by atoms with Gasteiger partial charge in [-0.2, -0.15) is 0 Å². The number of carbonyl (C=O) groups is 2. The molecule has 2 N–H and O–H groups in total. The third-order valence-electron chi connectivity index (χ3n) is 2.64. The van der Waals surface area contributed by atoms with Crippen molar-refractivity contribution in [2.45, 2.75) is 20.3 Å². The van der Waals surface area contributed by atoms with Crippen molar-refractivity contribution >= 4 is 11.9 Å². The molecule has 0 aliphatic rings. The van der Waals surface area contributed by atoms with Crippen molar-refractivity contribution in [3.8, 4) is 0 Å². The summed E-state index contributed by atoms with van der Waals surface area (Å²) in [6.45, 7) is 3.68. The average Bonchev–Trinajstić information content (AvgIpc) is 2.29. The molecule has 0 aliphatic heterocycles. The molecule has 0 saturated heterocycles. The second-order valence-corrected chi connectivity index (χ2v) is 4.15. The number of benzene rings is 1. The first-order valence-electron chi connectivity index (χ1n) is 5.54. The maximum Gasteiger partial charge on any atom is 0.308 e. The lowest BCUT2D eigenvalue weighted by Gasteiger charge is -2.09. The van der Waals surface area contributed by atoms with Crippen molar-refractivity contribution in [1.29, 1.82) is 0 Å². The molecule has 0 bridgehead atoms. The fourth-order valence-corrected chi connectivity index (χ4v) is 1.40. The minimum Gasteiger partial charge on any atom is -0.481 e. The van der Waals surface area contributed by atoms with Crippen LogP contribution in [-0.4, -0.2) is 23.5 Å². The number of hydrogen-bond acceptors (Lipinski definition) is 2. The molecule has 1 amide bonds. The third-order valence-corrected chi connectivity index (χ3v) is 2.64. The highest BCUT2D eigenvalue weighted by Crippen LogP contribution is 2.07. The van der Waals surface area contributed by atoms with Crippen LogP contribution >= 0.6 is 0 Å². The van der Waals surface area contributed by atoms with Gasteiger partial charge in [-0.1, -0.05) is 31.2 Å². The second kappa shape index (κ2) is 6.03. The lowest BCUT2D eigenvalue weighted by atomic mass is 10.1. The first-order chi connectivity index (χ1) is 8.00. The number of rotatable bonds is 5. The molecule has 0 saturated carbocycles. The molecule has 1 atom stereocenters. The summed E-state index contributed by atoms with van der Waals surface area (Å²) < 4.78 is 0. The van der Waals surface area contributed by atoms with Gasteiger partial charge >= 0.3 is 5.97 Å². The quantitative estimate of drug-likeness (QED) is 0.810. The molecule has 1 aromatic rings. The van der Waals surface area contributed by atoms with E-state index in [1.165, 1.54) is 0 Å². The van der Waals surface area contributed by atoms with Crippen LogP contribution < -0.4 is 5.32 Å². The van der Waals surface area contributed by atoms with Crippen molar-refractivity contribution in [3.63, 3.8) is 0 Å². The van der Waals surface area contributed by atoms with Gasteiger partial charge in [-0.3, -0.25) is 9.59 Å². The van der Waals surface area contributed by atoms with Gasteiger partial charge in [0.25, 0.3) is 0 Å². The van der Waals surface area contributed by atoms with Crippen LogP contribution in [0.3, 0.4) is 0 Å². The zero-order chi connectivity index (χ0) is 12.8. The van der Waals surface area contributed by atoms with E-state index in [9.17, 15) is 9.59 Å². The highest BCUT2D eigenvalue weighted by atomic mass is 16.4. The van der Waals surface area contributed by atoms with Gasteiger partial charge in [0.05, 0.1) is 12.3 Å². The lowest BCUT2D eigenvalue weighted by molar-refractivity contribution is -0.141. The summed E-state index contributed by atoms with van der Waals surface area (Å²) in [6, 6.07) is 7.65. The monoisotopic (exact) mass is 235 g/mol. The summed E-state index contributed by atoms with van der Waals surface area (Å²) >= 11 is 0. The fourth-order valence-electron chi connectivity index (χ4n) is 1.40. The van der Waals surface area contributed by atoms with E-state index in [1.54, 1.807) is 6.92 Å². The van der Waals surface area contributed by atoms with Gasteiger partial charge in [0.1, 0.15) is 0 Å². The predicted octanol–water partition coefficient (Wildman–Crippen LogP) is 1.37. The van der Waals surface area contributed by atoms with Crippen molar-refractivity contribution in [1.82, 2.24) is 5.32 Å². The van der Waals surface area contributed by atoms with Crippen LogP contribution in [0.15, 0.2) is 24.3 Å². The van der Waals surface area contributed by atoms with E-state index >= 15 is 0 Å². The van der Waals surface area contributed by atoms with E-state index in [2.05, 4.69) is 5.32 Å². The maximum atomic E-state index is 11.6. The van der Waals surface area contributed by atoms with E-state index in [1.807, 2.05) is 31.2 Å². The van der Waals surface area contributed by atoms with Gasteiger partial charge < -0.3 is 10.4 Å². The van der Waals surface area contributed by atoms with Gasteiger partial charge in [-0.15, -0.1) is 0 Å². The van der Waals surface area contributed by atoms with Crippen LogP contribution in [0.1, 0.15) is 18.1 Å². The Balaban J connectivity index is 2.46. The van der Waals surface area contributed by atoms with E-state index < -0.39 is 11.9 Å². The van der Waals surface area contributed by atoms with Gasteiger partial charge in [0.15, 0.2) is 0 Å². The number of amides is 1. The highest BCUT2D eigenvalue weighted by Gasteiger charge is 2.12. The van der Waals surface area contributed by atoms with Crippen LogP contribution in [0.25, 0.3) is 0 Å². The molecule has 17 heavy (non-hydrogen) atoms. The number of carboxylic acid groups (broad SMARTS) is 1. The number of aryl methyl sites for hydroxylation is 1. The molecule has 0 spiro atoms. The molecule has 1 aromatic carbocycles. The Morgan fingerprint density at radius 1 is 1.35 bits per heavy atom. The van der Waals surface area contributed by atoms with E-state index in [4.69, 9.17) is 5.11 Å². The molecule has 4 heteroatoms. The second-order valence-electron chi connectivity index (χ2n) is 4.15. The molecule has 0 heterocycles. The molecule has 92 valence electrons. The normalized spacial score (nSPS) is 11.9. The van der Waals surface area contributed by atoms with Crippen LogP contribution in [-0.2, 0) is 16.0 Å². The summed E-state index contributed by atoms with van der Waals surface area (Å²) in [5, 5.41) is 11.3. The minimum atomic E-state index is -0.902. The number of hydrogen-bond donors (Lipinski definition) is 2. The zero-order valence-electron chi connectivity index (χ0n) is 10.1. The fraction of sp³-hybridized carbons (Fsp3) is 0.385. The largest absolute Gasteiger partial charge is 0.481 e. The van der Waals surface area contributed by atoms with Crippen molar-refractivity contribution in [2.75, 3.05) is 6.54 Å². The van der Waals surface area contributed by atoms with Crippen molar-refractivity contribution in [2.24, 2.45) is 5.92 Å². The van der Waals surface area contributed by atoms with Crippen molar-refractivity contribution in [3.05, 3.63) is 35.4 Å². The standard InChI is InChI=1S/C13H17NO3/c1-9-5-3-4-6-11(9)7-12(15)14-8-10(2)13(16)17/h3-6,10H,7-8H2,1-2H3,(H,14,15)(H,16,17). The van der Waals surface area contributed by atoms with E-state index in [0.29, 0.717) is 6.42 Å². The molecule has 1 unspecified atom stereocenters. The Bertz CT molecular complexity index is 415. The smallest absolute Gasteiger partial charge is 0.308 e. The van der Waals surface area contributed by atoms with Crippen LogP contribution in [0.2, 0.25) is 0 Å². The molecular weight excluding hydrogens is 218 g/mol. The topological polar surface area (TPSA) is 66.4 Å². The Morgan fingerprint density at radius 3 is 2.59 bits per heavy atom. The molecule has 0 fully saturated rings. The summed E-state index contributed by atoms with van der Waals surface area (Å²) in [7, 11) is 0. The van der Waals surface area contributed by atoms with Gasteiger partial charge in [-0.05, 0) is 18.1 Å². The average molecular weight is 235 g/mol. The molecular formula is C13H17NO3. The van der Waals surface area contributed by atoms with E-state index in [0.717, 1.165) is 11.1 Å². The summed E-state index contributed by atoms with van der Waals surface area (Å²) in [5.41, 5.74) is 2.03. The SMILES string of the molecule is Cc1ccccc1CC(=O)NCC(C)C(=O)O.